The molecule has 0 aromatic heterocycles. The molecule has 1 atom stereocenters. The van der Waals surface area contributed by atoms with Crippen molar-refractivity contribution in [3.63, 3.8) is 0 Å². The molecule has 52 valence electrons. The second-order valence-corrected chi connectivity index (χ2v) is 2.98. The van der Waals surface area contributed by atoms with Crippen molar-refractivity contribution in [2.24, 2.45) is 0 Å². The lowest BCUT2D eigenvalue weighted by atomic mass is 10.4. The molecule has 0 N–H and O–H groups in total. The molecule has 9 heavy (non-hydrogen) atoms. The second kappa shape index (κ2) is 2.66. The van der Waals surface area contributed by atoms with E-state index in [1.54, 1.807) is 0 Å². The number of amides is 1. The van der Waals surface area contributed by atoms with Crippen LogP contribution < -0.4 is 0 Å². The van der Waals surface area contributed by atoms with E-state index in [1.165, 1.54) is 12.2 Å². The Morgan fingerprint density at radius 2 is 2.56 bits per heavy atom. The highest BCUT2D eigenvalue weighted by Crippen LogP contribution is 2.17. The van der Waals surface area contributed by atoms with Crippen molar-refractivity contribution in [2.75, 3.05) is 13.7 Å². The van der Waals surface area contributed by atoms with Gasteiger partial charge in [-0.1, -0.05) is 15.9 Å². The quantitative estimate of drug-likeness (QED) is 0.570. The fourth-order valence-electron chi connectivity index (χ4n) is 0.802. The molecule has 0 saturated carbocycles. The molecule has 0 spiro atoms. The van der Waals surface area contributed by atoms with Gasteiger partial charge in [-0.15, -0.1) is 0 Å². The minimum absolute atomic E-state index is 0.0255. The number of hydrogen-bond acceptors (Lipinski definition) is 2. The van der Waals surface area contributed by atoms with Crippen LogP contribution in [0.25, 0.3) is 0 Å². The van der Waals surface area contributed by atoms with E-state index in [1.807, 2.05) is 0 Å². The Kier molecular flexibility index (Phi) is 2.08. The van der Waals surface area contributed by atoms with E-state index < -0.39 is 0 Å². The van der Waals surface area contributed by atoms with Gasteiger partial charge in [0.05, 0.1) is 18.5 Å². The molecule has 4 heteroatoms. The zero-order chi connectivity index (χ0) is 6.85. The summed E-state index contributed by atoms with van der Waals surface area (Å²) in [6.45, 7) is 0.700. The molecule has 0 aliphatic carbocycles. The Morgan fingerprint density at radius 1 is 1.89 bits per heavy atom. The number of alkyl halides is 1. The van der Waals surface area contributed by atoms with Gasteiger partial charge in [0, 0.05) is 0 Å². The third-order valence-electron chi connectivity index (χ3n) is 1.32. The highest BCUT2D eigenvalue weighted by molar-refractivity contribution is 9.10. The smallest absolute Gasteiger partial charge is 0.259 e. The Balaban J connectivity index is 2.51. The van der Waals surface area contributed by atoms with Crippen LogP contribution in [0.5, 0.6) is 0 Å². The number of hydroxylamine groups is 2. The molecule has 1 aliphatic rings. The normalized spacial score (nSPS) is 27.6. The Bertz CT molecular complexity index is 128. The SMILES string of the molecule is CON1CCC(Br)C1=O. The Morgan fingerprint density at radius 3 is 2.78 bits per heavy atom. The Hall–Kier alpha value is -0.0900. The minimum Gasteiger partial charge on any atom is -0.274 e. The van der Waals surface area contributed by atoms with Crippen molar-refractivity contribution in [3.8, 4) is 0 Å². The van der Waals surface area contributed by atoms with Crippen LogP contribution in [0, 0.1) is 0 Å². The van der Waals surface area contributed by atoms with E-state index in [9.17, 15) is 4.79 Å². The topological polar surface area (TPSA) is 29.5 Å². The minimum atomic E-state index is -0.0301. The first-order valence-corrected chi connectivity index (χ1v) is 3.67. The van der Waals surface area contributed by atoms with Gasteiger partial charge in [-0.2, -0.15) is 0 Å². The number of hydrogen-bond donors (Lipinski definition) is 0. The van der Waals surface area contributed by atoms with Gasteiger partial charge in [0.1, 0.15) is 0 Å². The fourth-order valence-corrected chi connectivity index (χ4v) is 1.23. The lowest BCUT2D eigenvalue weighted by Gasteiger charge is -2.10. The van der Waals surface area contributed by atoms with E-state index in [-0.39, 0.29) is 10.7 Å². The molecule has 0 bridgehead atoms. The van der Waals surface area contributed by atoms with Crippen molar-refractivity contribution >= 4 is 21.8 Å². The van der Waals surface area contributed by atoms with Crippen molar-refractivity contribution in [1.82, 2.24) is 5.06 Å². The molecule has 0 aromatic carbocycles. The first-order valence-electron chi connectivity index (χ1n) is 2.75. The van der Waals surface area contributed by atoms with Gasteiger partial charge in [-0.25, -0.2) is 5.06 Å². The maximum atomic E-state index is 10.9. The lowest BCUT2D eigenvalue weighted by molar-refractivity contribution is -0.166. The van der Waals surface area contributed by atoms with E-state index in [2.05, 4.69) is 15.9 Å². The van der Waals surface area contributed by atoms with Gasteiger partial charge in [-0.3, -0.25) is 9.63 Å². The van der Waals surface area contributed by atoms with E-state index in [0.717, 1.165) is 6.42 Å². The van der Waals surface area contributed by atoms with Gasteiger partial charge in [0.2, 0.25) is 0 Å². The highest BCUT2D eigenvalue weighted by Gasteiger charge is 2.29. The monoisotopic (exact) mass is 193 g/mol. The third kappa shape index (κ3) is 1.24. The van der Waals surface area contributed by atoms with E-state index in [0.29, 0.717) is 6.54 Å². The standard InChI is InChI=1S/C5H8BrNO2/c1-9-7-3-2-4(6)5(7)8/h4H,2-3H2,1H3. The van der Waals surface area contributed by atoms with Crippen LogP contribution in [0.15, 0.2) is 0 Å². The highest BCUT2D eigenvalue weighted by atomic mass is 79.9. The molecular formula is C5H8BrNO2. The zero-order valence-electron chi connectivity index (χ0n) is 5.13. The summed E-state index contributed by atoms with van der Waals surface area (Å²) < 4.78 is 0. The van der Waals surface area contributed by atoms with Crippen LogP contribution in [-0.4, -0.2) is 29.5 Å². The van der Waals surface area contributed by atoms with Gasteiger partial charge >= 0.3 is 0 Å². The molecule has 1 amide bonds. The molecular weight excluding hydrogens is 186 g/mol. The number of nitrogens with zero attached hydrogens (tertiary/aromatic N) is 1. The van der Waals surface area contributed by atoms with Crippen LogP contribution in [0.4, 0.5) is 0 Å². The summed E-state index contributed by atoms with van der Waals surface area (Å²) in [6.07, 6.45) is 0.840. The van der Waals surface area contributed by atoms with Crippen LogP contribution in [0.3, 0.4) is 0 Å². The predicted molar refractivity (Wildman–Crippen MR) is 36.1 cm³/mol. The largest absolute Gasteiger partial charge is 0.274 e. The molecule has 1 unspecified atom stereocenters. The summed E-state index contributed by atoms with van der Waals surface area (Å²) in [5.41, 5.74) is 0. The first-order chi connectivity index (χ1) is 4.25. The summed E-state index contributed by atoms with van der Waals surface area (Å²) >= 11 is 3.21. The molecule has 1 heterocycles. The van der Waals surface area contributed by atoms with Crippen molar-refractivity contribution in [2.45, 2.75) is 11.2 Å². The third-order valence-corrected chi connectivity index (χ3v) is 2.17. The molecule has 1 rings (SSSR count). The number of carbonyl (C=O) groups is 1. The van der Waals surface area contributed by atoms with E-state index in [4.69, 9.17) is 4.84 Å². The Labute approximate surface area is 62.0 Å². The van der Waals surface area contributed by atoms with Crippen molar-refractivity contribution in [1.29, 1.82) is 0 Å². The molecule has 0 radical (unpaired) electrons. The van der Waals surface area contributed by atoms with E-state index >= 15 is 0 Å². The molecule has 1 fully saturated rings. The number of halogens is 1. The summed E-state index contributed by atoms with van der Waals surface area (Å²) in [4.78, 5) is 15.6. The zero-order valence-corrected chi connectivity index (χ0v) is 6.72. The average Bonchev–Trinajstić information content (AvgIpc) is 2.15. The summed E-state index contributed by atoms with van der Waals surface area (Å²) in [6, 6.07) is 0. The molecule has 1 saturated heterocycles. The lowest BCUT2D eigenvalue weighted by Crippen LogP contribution is -2.25. The maximum absolute atomic E-state index is 10.9. The molecule has 0 aromatic rings. The van der Waals surface area contributed by atoms with Crippen LogP contribution in [0.2, 0.25) is 0 Å². The number of carbonyl (C=O) groups excluding carboxylic acids is 1. The van der Waals surface area contributed by atoms with Crippen LogP contribution in [-0.2, 0) is 9.63 Å². The number of rotatable bonds is 1. The van der Waals surface area contributed by atoms with Gasteiger partial charge in [-0.05, 0) is 6.42 Å². The predicted octanol–water partition coefficient (Wildman–Crippen LogP) is 0.544. The molecule has 3 nitrogen and oxygen atoms in total. The van der Waals surface area contributed by atoms with Crippen LogP contribution in [0.1, 0.15) is 6.42 Å². The summed E-state index contributed by atoms with van der Waals surface area (Å²) in [5.74, 6) is 0.0255. The van der Waals surface area contributed by atoms with Crippen molar-refractivity contribution in [3.05, 3.63) is 0 Å². The average molecular weight is 194 g/mol. The summed E-state index contributed by atoms with van der Waals surface area (Å²) in [7, 11) is 1.50. The van der Waals surface area contributed by atoms with Gasteiger partial charge in [0.25, 0.3) is 5.91 Å². The van der Waals surface area contributed by atoms with Gasteiger partial charge < -0.3 is 0 Å². The maximum Gasteiger partial charge on any atom is 0.259 e. The summed E-state index contributed by atoms with van der Waals surface area (Å²) in [5, 5.41) is 1.36. The molecule has 1 aliphatic heterocycles. The fraction of sp³-hybridized carbons (Fsp3) is 0.800. The van der Waals surface area contributed by atoms with Crippen molar-refractivity contribution < 1.29 is 9.63 Å². The second-order valence-electron chi connectivity index (χ2n) is 1.88. The first kappa shape index (κ1) is 7.02. The van der Waals surface area contributed by atoms with Crippen LogP contribution >= 0.6 is 15.9 Å². The van der Waals surface area contributed by atoms with Gasteiger partial charge in [0.15, 0.2) is 0 Å².